The van der Waals surface area contributed by atoms with Gasteiger partial charge in [0.1, 0.15) is 0 Å². The van der Waals surface area contributed by atoms with E-state index in [1.54, 1.807) is 0 Å². The summed E-state index contributed by atoms with van der Waals surface area (Å²) in [6, 6.07) is 0. The number of nitrogens with zero attached hydrogens (tertiary/aromatic N) is 1. The first-order chi connectivity index (χ1) is 4.75. The van der Waals surface area contributed by atoms with Gasteiger partial charge in [-0.05, 0) is 30.5 Å². The second-order valence-electron chi connectivity index (χ2n) is 2.44. The van der Waals surface area contributed by atoms with E-state index < -0.39 is 0 Å². The minimum Gasteiger partial charge on any atom is -0.326 e. The molecule has 1 rings (SSSR count). The van der Waals surface area contributed by atoms with Crippen molar-refractivity contribution in [2.75, 3.05) is 0 Å². The highest BCUT2D eigenvalue weighted by atomic mass is 14.6. The molecule has 0 radical (unpaired) electrons. The SMILES string of the molecule is Cc1cncc(CN)c1C. The summed E-state index contributed by atoms with van der Waals surface area (Å²) in [5, 5.41) is 0. The van der Waals surface area contributed by atoms with Crippen LogP contribution in [0, 0.1) is 13.8 Å². The van der Waals surface area contributed by atoms with Crippen molar-refractivity contribution < 1.29 is 0 Å². The van der Waals surface area contributed by atoms with Crippen LogP contribution in [0.5, 0.6) is 0 Å². The normalized spacial score (nSPS) is 9.90. The van der Waals surface area contributed by atoms with Crippen molar-refractivity contribution in [1.29, 1.82) is 0 Å². The molecular formula is C8H12N2. The lowest BCUT2D eigenvalue weighted by Gasteiger charge is -2.03. The van der Waals surface area contributed by atoms with Crippen molar-refractivity contribution in [2.24, 2.45) is 5.73 Å². The average Bonchev–Trinajstić information content (AvgIpc) is 1.95. The predicted octanol–water partition coefficient (Wildman–Crippen LogP) is 1.16. The highest BCUT2D eigenvalue weighted by Crippen LogP contribution is 2.08. The monoisotopic (exact) mass is 136 g/mol. The minimum atomic E-state index is 0.584. The molecule has 54 valence electrons. The van der Waals surface area contributed by atoms with E-state index in [0.717, 1.165) is 5.56 Å². The van der Waals surface area contributed by atoms with Crippen LogP contribution in [0.1, 0.15) is 16.7 Å². The van der Waals surface area contributed by atoms with Gasteiger partial charge in [0.2, 0.25) is 0 Å². The smallest absolute Gasteiger partial charge is 0.0315 e. The van der Waals surface area contributed by atoms with Crippen molar-refractivity contribution in [3.8, 4) is 0 Å². The Labute approximate surface area is 61.1 Å². The van der Waals surface area contributed by atoms with Crippen LogP contribution in [-0.2, 0) is 6.54 Å². The van der Waals surface area contributed by atoms with Gasteiger partial charge in [-0.2, -0.15) is 0 Å². The van der Waals surface area contributed by atoms with Gasteiger partial charge in [0.15, 0.2) is 0 Å². The molecule has 2 N–H and O–H groups in total. The summed E-state index contributed by atoms with van der Waals surface area (Å²) >= 11 is 0. The molecule has 0 aliphatic carbocycles. The molecule has 1 heterocycles. The zero-order chi connectivity index (χ0) is 7.56. The molecule has 0 fully saturated rings. The van der Waals surface area contributed by atoms with Crippen molar-refractivity contribution in [3.05, 3.63) is 29.1 Å². The average molecular weight is 136 g/mol. The maximum absolute atomic E-state index is 5.48. The summed E-state index contributed by atoms with van der Waals surface area (Å²) in [7, 11) is 0. The van der Waals surface area contributed by atoms with Gasteiger partial charge in [-0.15, -0.1) is 0 Å². The third kappa shape index (κ3) is 1.16. The molecule has 0 bridgehead atoms. The molecule has 1 aromatic heterocycles. The third-order valence-corrected chi connectivity index (χ3v) is 1.79. The summed E-state index contributed by atoms with van der Waals surface area (Å²) in [4.78, 5) is 4.04. The summed E-state index contributed by atoms with van der Waals surface area (Å²) in [5.74, 6) is 0. The summed E-state index contributed by atoms with van der Waals surface area (Å²) in [6.45, 7) is 4.70. The maximum atomic E-state index is 5.48. The van der Waals surface area contributed by atoms with Gasteiger partial charge in [-0.1, -0.05) is 0 Å². The summed E-state index contributed by atoms with van der Waals surface area (Å²) in [5.41, 5.74) is 9.09. The lowest BCUT2D eigenvalue weighted by molar-refractivity contribution is 1.01. The van der Waals surface area contributed by atoms with Gasteiger partial charge in [0.05, 0.1) is 0 Å². The van der Waals surface area contributed by atoms with Crippen LogP contribution in [-0.4, -0.2) is 4.98 Å². The molecule has 0 unspecified atom stereocenters. The maximum Gasteiger partial charge on any atom is 0.0315 e. The first-order valence-electron chi connectivity index (χ1n) is 3.36. The van der Waals surface area contributed by atoms with Gasteiger partial charge >= 0.3 is 0 Å². The molecule has 0 spiro atoms. The van der Waals surface area contributed by atoms with Crippen LogP contribution < -0.4 is 5.73 Å². The molecule has 0 atom stereocenters. The molecule has 0 saturated carbocycles. The highest BCUT2D eigenvalue weighted by molar-refractivity contribution is 5.28. The topological polar surface area (TPSA) is 38.9 Å². The van der Waals surface area contributed by atoms with Crippen molar-refractivity contribution >= 4 is 0 Å². The Morgan fingerprint density at radius 3 is 2.60 bits per heavy atom. The van der Waals surface area contributed by atoms with Gasteiger partial charge in [0, 0.05) is 18.9 Å². The van der Waals surface area contributed by atoms with Crippen LogP contribution >= 0.6 is 0 Å². The zero-order valence-corrected chi connectivity index (χ0v) is 6.39. The Balaban J connectivity index is 3.14. The van der Waals surface area contributed by atoms with Gasteiger partial charge < -0.3 is 5.73 Å². The number of rotatable bonds is 1. The number of aryl methyl sites for hydroxylation is 1. The number of aromatic nitrogens is 1. The molecule has 0 aliphatic heterocycles. The Kier molecular flexibility index (Phi) is 2.02. The molecule has 0 saturated heterocycles. The lowest BCUT2D eigenvalue weighted by atomic mass is 10.1. The van der Waals surface area contributed by atoms with Crippen molar-refractivity contribution in [2.45, 2.75) is 20.4 Å². The Bertz CT molecular complexity index is 231. The van der Waals surface area contributed by atoms with Crippen LogP contribution in [0.2, 0.25) is 0 Å². The second-order valence-corrected chi connectivity index (χ2v) is 2.44. The molecular weight excluding hydrogens is 124 g/mol. The van der Waals surface area contributed by atoms with E-state index in [9.17, 15) is 0 Å². The molecule has 0 amide bonds. The molecule has 2 nitrogen and oxygen atoms in total. The van der Waals surface area contributed by atoms with E-state index in [0.29, 0.717) is 6.54 Å². The molecule has 2 heteroatoms. The number of hydrogen-bond acceptors (Lipinski definition) is 2. The van der Waals surface area contributed by atoms with E-state index in [1.807, 2.05) is 19.3 Å². The minimum absolute atomic E-state index is 0.584. The highest BCUT2D eigenvalue weighted by Gasteiger charge is 1.97. The lowest BCUT2D eigenvalue weighted by Crippen LogP contribution is -2.00. The molecule has 10 heavy (non-hydrogen) atoms. The van der Waals surface area contributed by atoms with E-state index in [1.165, 1.54) is 11.1 Å². The Hall–Kier alpha value is -0.890. The van der Waals surface area contributed by atoms with Crippen LogP contribution in [0.15, 0.2) is 12.4 Å². The Morgan fingerprint density at radius 1 is 1.40 bits per heavy atom. The number of pyridine rings is 1. The molecule has 1 aromatic rings. The fourth-order valence-electron chi connectivity index (χ4n) is 0.892. The van der Waals surface area contributed by atoms with E-state index in [4.69, 9.17) is 5.73 Å². The quantitative estimate of drug-likeness (QED) is 0.629. The third-order valence-electron chi connectivity index (χ3n) is 1.79. The first-order valence-corrected chi connectivity index (χ1v) is 3.36. The van der Waals surface area contributed by atoms with Crippen LogP contribution in [0.4, 0.5) is 0 Å². The van der Waals surface area contributed by atoms with Crippen molar-refractivity contribution in [3.63, 3.8) is 0 Å². The van der Waals surface area contributed by atoms with E-state index >= 15 is 0 Å². The van der Waals surface area contributed by atoms with E-state index in [-0.39, 0.29) is 0 Å². The second kappa shape index (κ2) is 2.80. The van der Waals surface area contributed by atoms with Crippen molar-refractivity contribution in [1.82, 2.24) is 4.98 Å². The van der Waals surface area contributed by atoms with E-state index in [2.05, 4.69) is 11.9 Å². The zero-order valence-electron chi connectivity index (χ0n) is 6.39. The predicted molar refractivity (Wildman–Crippen MR) is 41.6 cm³/mol. The number of hydrogen-bond donors (Lipinski definition) is 1. The van der Waals surface area contributed by atoms with Crippen LogP contribution in [0.25, 0.3) is 0 Å². The largest absolute Gasteiger partial charge is 0.326 e. The molecule has 0 aromatic carbocycles. The fraction of sp³-hybridized carbons (Fsp3) is 0.375. The van der Waals surface area contributed by atoms with Gasteiger partial charge in [-0.3, -0.25) is 4.98 Å². The Morgan fingerprint density at radius 2 is 2.10 bits per heavy atom. The summed E-state index contributed by atoms with van der Waals surface area (Å²) < 4.78 is 0. The molecule has 0 aliphatic rings. The van der Waals surface area contributed by atoms with Crippen LogP contribution in [0.3, 0.4) is 0 Å². The van der Waals surface area contributed by atoms with Gasteiger partial charge in [0.25, 0.3) is 0 Å². The fourth-order valence-corrected chi connectivity index (χ4v) is 0.892. The first kappa shape index (κ1) is 7.22. The number of nitrogens with two attached hydrogens (primary N) is 1. The van der Waals surface area contributed by atoms with Gasteiger partial charge in [-0.25, -0.2) is 0 Å². The summed E-state index contributed by atoms with van der Waals surface area (Å²) in [6.07, 6.45) is 3.68. The standard InChI is InChI=1S/C8H12N2/c1-6-4-10-5-8(3-9)7(6)2/h4-5H,3,9H2,1-2H3.